The van der Waals surface area contributed by atoms with E-state index < -0.39 is 0 Å². The van der Waals surface area contributed by atoms with E-state index in [1.807, 2.05) is 6.92 Å². The molecule has 0 fully saturated rings. The topological polar surface area (TPSA) is 45.2 Å². The molecule has 1 aromatic heterocycles. The van der Waals surface area contributed by atoms with Gasteiger partial charge in [0.25, 0.3) is 0 Å². The van der Waals surface area contributed by atoms with Crippen LogP contribution in [0.1, 0.15) is 6.92 Å². The summed E-state index contributed by atoms with van der Waals surface area (Å²) in [5, 5.41) is 12.2. The molecule has 0 saturated heterocycles. The van der Waals surface area contributed by atoms with Crippen molar-refractivity contribution in [2.75, 3.05) is 11.9 Å². The molecule has 0 aliphatic rings. The van der Waals surface area contributed by atoms with Gasteiger partial charge in [-0.15, -0.1) is 0 Å². The Morgan fingerprint density at radius 3 is 3.08 bits per heavy atom. The SMILES string of the molecule is C=C(C)CNc1ncccc1O. The van der Waals surface area contributed by atoms with Gasteiger partial charge in [0.2, 0.25) is 0 Å². The Bertz CT molecular complexity index is 284. The Morgan fingerprint density at radius 2 is 2.50 bits per heavy atom. The molecule has 0 bridgehead atoms. The van der Waals surface area contributed by atoms with Crippen LogP contribution < -0.4 is 5.32 Å². The van der Waals surface area contributed by atoms with Gasteiger partial charge in [-0.25, -0.2) is 4.98 Å². The van der Waals surface area contributed by atoms with Gasteiger partial charge in [-0.05, 0) is 19.1 Å². The Kier molecular flexibility index (Phi) is 2.69. The molecule has 2 N–H and O–H groups in total. The van der Waals surface area contributed by atoms with Crippen molar-refractivity contribution in [3.8, 4) is 5.75 Å². The van der Waals surface area contributed by atoms with Crippen molar-refractivity contribution in [1.82, 2.24) is 4.98 Å². The van der Waals surface area contributed by atoms with E-state index in [9.17, 15) is 5.11 Å². The Hall–Kier alpha value is -1.51. The maximum Gasteiger partial charge on any atom is 0.168 e. The lowest BCUT2D eigenvalue weighted by Crippen LogP contribution is -2.03. The van der Waals surface area contributed by atoms with Crippen LogP contribution in [0.15, 0.2) is 30.5 Å². The molecule has 0 aromatic carbocycles. The van der Waals surface area contributed by atoms with E-state index in [0.717, 1.165) is 5.57 Å². The minimum Gasteiger partial charge on any atom is -0.504 e. The molecular formula is C9H12N2O. The number of rotatable bonds is 3. The van der Waals surface area contributed by atoms with Crippen LogP contribution >= 0.6 is 0 Å². The van der Waals surface area contributed by atoms with Gasteiger partial charge in [-0.2, -0.15) is 0 Å². The molecule has 0 saturated carbocycles. The van der Waals surface area contributed by atoms with Crippen molar-refractivity contribution in [1.29, 1.82) is 0 Å². The van der Waals surface area contributed by atoms with E-state index in [1.165, 1.54) is 0 Å². The van der Waals surface area contributed by atoms with E-state index in [0.29, 0.717) is 12.4 Å². The van der Waals surface area contributed by atoms with E-state index in [1.54, 1.807) is 18.3 Å². The Morgan fingerprint density at radius 1 is 1.75 bits per heavy atom. The first-order valence-electron chi connectivity index (χ1n) is 3.72. The summed E-state index contributed by atoms with van der Waals surface area (Å²) < 4.78 is 0. The molecule has 64 valence electrons. The molecule has 3 heteroatoms. The van der Waals surface area contributed by atoms with Crippen molar-refractivity contribution >= 4 is 5.82 Å². The van der Waals surface area contributed by atoms with Crippen molar-refractivity contribution in [3.05, 3.63) is 30.5 Å². The molecule has 1 aromatic rings. The second-order valence-electron chi connectivity index (χ2n) is 2.68. The van der Waals surface area contributed by atoms with Crippen LogP contribution in [0.2, 0.25) is 0 Å². The molecule has 0 aliphatic carbocycles. The van der Waals surface area contributed by atoms with Gasteiger partial charge in [-0.3, -0.25) is 0 Å². The van der Waals surface area contributed by atoms with Crippen LogP contribution in [0.4, 0.5) is 5.82 Å². The monoisotopic (exact) mass is 164 g/mol. The predicted molar refractivity (Wildman–Crippen MR) is 49.2 cm³/mol. The summed E-state index contributed by atoms with van der Waals surface area (Å²) in [6, 6.07) is 3.27. The van der Waals surface area contributed by atoms with E-state index >= 15 is 0 Å². The standard InChI is InChI=1S/C9H12N2O/c1-7(2)6-11-9-8(12)4-3-5-10-9/h3-5,12H,1,6H2,2H3,(H,10,11). The number of hydrogen-bond donors (Lipinski definition) is 2. The summed E-state index contributed by atoms with van der Waals surface area (Å²) in [5.74, 6) is 0.666. The largest absolute Gasteiger partial charge is 0.504 e. The van der Waals surface area contributed by atoms with Crippen molar-refractivity contribution in [2.45, 2.75) is 6.92 Å². The van der Waals surface area contributed by atoms with Crippen LogP contribution in [0.25, 0.3) is 0 Å². The Labute approximate surface area is 71.8 Å². The molecule has 0 aliphatic heterocycles. The normalized spacial score (nSPS) is 9.42. The Balaban J connectivity index is 2.63. The van der Waals surface area contributed by atoms with Gasteiger partial charge in [0.1, 0.15) is 0 Å². The number of aromatic nitrogens is 1. The summed E-state index contributed by atoms with van der Waals surface area (Å²) >= 11 is 0. The fourth-order valence-corrected chi connectivity index (χ4v) is 0.768. The molecule has 0 atom stereocenters. The third-order valence-corrected chi connectivity index (χ3v) is 1.34. The van der Waals surface area contributed by atoms with Crippen LogP contribution in [0, 0.1) is 0 Å². The highest BCUT2D eigenvalue weighted by Crippen LogP contribution is 2.17. The van der Waals surface area contributed by atoms with E-state index in [-0.39, 0.29) is 5.75 Å². The van der Waals surface area contributed by atoms with Gasteiger partial charge in [0.05, 0.1) is 0 Å². The zero-order chi connectivity index (χ0) is 8.97. The molecule has 1 rings (SSSR count). The van der Waals surface area contributed by atoms with Gasteiger partial charge in [-0.1, -0.05) is 12.2 Å². The summed E-state index contributed by atoms with van der Waals surface area (Å²) in [6.07, 6.45) is 1.63. The van der Waals surface area contributed by atoms with Crippen LogP contribution in [-0.2, 0) is 0 Å². The molecule has 3 nitrogen and oxygen atoms in total. The average molecular weight is 164 g/mol. The second-order valence-corrected chi connectivity index (χ2v) is 2.68. The highest BCUT2D eigenvalue weighted by molar-refractivity contribution is 5.48. The highest BCUT2D eigenvalue weighted by atomic mass is 16.3. The number of aromatic hydroxyl groups is 1. The molecular weight excluding hydrogens is 152 g/mol. The maximum absolute atomic E-state index is 9.27. The van der Waals surface area contributed by atoms with E-state index in [2.05, 4.69) is 16.9 Å². The highest BCUT2D eigenvalue weighted by Gasteiger charge is 1.98. The number of pyridine rings is 1. The van der Waals surface area contributed by atoms with Crippen LogP contribution in [0.3, 0.4) is 0 Å². The fraction of sp³-hybridized carbons (Fsp3) is 0.222. The van der Waals surface area contributed by atoms with Gasteiger partial charge < -0.3 is 10.4 Å². The van der Waals surface area contributed by atoms with Gasteiger partial charge in [0.15, 0.2) is 11.6 Å². The summed E-state index contributed by atoms with van der Waals surface area (Å²) in [6.45, 7) is 6.27. The maximum atomic E-state index is 9.27. The predicted octanol–water partition coefficient (Wildman–Crippen LogP) is 1.78. The van der Waals surface area contributed by atoms with Crippen LogP contribution in [0.5, 0.6) is 5.75 Å². The number of nitrogens with one attached hydrogen (secondary N) is 1. The molecule has 1 heterocycles. The zero-order valence-electron chi connectivity index (χ0n) is 7.04. The first-order chi connectivity index (χ1) is 5.70. The quantitative estimate of drug-likeness (QED) is 0.669. The van der Waals surface area contributed by atoms with Crippen molar-refractivity contribution in [3.63, 3.8) is 0 Å². The molecule has 0 radical (unpaired) electrons. The molecule has 0 unspecified atom stereocenters. The number of anilines is 1. The number of hydrogen-bond acceptors (Lipinski definition) is 3. The van der Waals surface area contributed by atoms with Crippen molar-refractivity contribution in [2.24, 2.45) is 0 Å². The fourth-order valence-electron chi connectivity index (χ4n) is 0.768. The lowest BCUT2D eigenvalue weighted by Gasteiger charge is -2.05. The summed E-state index contributed by atoms with van der Waals surface area (Å²) in [5.41, 5.74) is 1.00. The molecule has 0 amide bonds. The van der Waals surface area contributed by atoms with Crippen molar-refractivity contribution < 1.29 is 5.11 Å². The minimum absolute atomic E-state index is 0.166. The first-order valence-corrected chi connectivity index (χ1v) is 3.72. The third-order valence-electron chi connectivity index (χ3n) is 1.34. The van der Waals surface area contributed by atoms with Crippen LogP contribution in [-0.4, -0.2) is 16.6 Å². The second kappa shape index (κ2) is 3.76. The first kappa shape index (κ1) is 8.59. The average Bonchev–Trinajstić information content (AvgIpc) is 2.03. The zero-order valence-corrected chi connectivity index (χ0v) is 7.04. The number of nitrogens with zero attached hydrogens (tertiary/aromatic N) is 1. The smallest absolute Gasteiger partial charge is 0.168 e. The molecule has 0 spiro atoms. The minimum atomic E-state index is 0.166. The lowest BCUT2D eigenvalue weighted by atomic mass is 10.3. The summed E-state index contributed by atoms with van der Waals surface area (Å²) in [7, 11) is 0. The van der Waals surface area contributed by atoms with Gasteiger partial charge in [0, 0.05) is 12.7 Å². The van der Waals surface area contributed by atoms with E-state index in [4.69, 9.17) is 0 Å². The van der Waals surface area contributed by atoms with Gasteiger partial charge >= 0.3 is 0 Å². The molecule has 12 heavy (non-hydrogen) atoms. The third kappa shape index (κ3) is 2.27. The lowest BCUT2D eigenvalue weighted by molar-refractivity contribution is 0.475. The summed E-state index contributed by atoms with van der Waals surface area (Å²) in [4.78, 5) is 3.95.